The molecule has 1 aromatic rings. The predicted octanol–water partition coefficient (Wildman–Crippen LogP) is 1.10. The Balaban J connectivity index is 2.38. The molecule has 3 amide bonds. The van der Waals surface area contributed by atoms with Crippen LogP contribution in [0.1, 0.15) is 25.8 Å². The van der Waals surface area contributed by atoms with Crippen molar-refractivity contribution in [1.29, 1.82) is 0 Å². The molecule has 1 atom stereocenters. The topological polar surface area (TPSA) is 108 Å². The number of hydrogen-bond donors (Lipinski definition) is 4. The van der Waals surface area contributed by atoms with E-state index in [0.717, 1.165) is 5.56 Å². The van der Waals surface area contributed by atoms with Gasteiger partial charge in [0.15, 0.2) is 0 Å². The zero-order valence-electron chi connectivity index (χ0n) is 13.3. The Morgan fingerprint density at radius 2 is 1.74 bits per heavy atom. The van der Waals surface area contributed by atoms with Crippen LogP contribution in [0.4, 0.5) is 4.79 Å². The molecule has 7 nitrogen and oxygen atoms in total. The van der Waals surface area contributed by atoms with Gasteiger partial charge in [0.2, 0.25) is 5.91 Å². The summed E-state index contributed by atoms with van der Waals surface area (Å²) in [5, 5.41) is 16.6. The SMILES string of the molecule is CC(C)CC(=O)N[C@@H](CNC(=O)NCc1ccccc1)C(=O)O. The number of urea groups is 1. The Kier molecular flexibility index (Phi) is 7.59. The maximum Gasteiger partial charge on any atom is 0.328 e. The molecule has 0 unspecified atom stereocenters. The summed E-state index contributed by atoms with van der Waals surface area (Å²) in [6, 6.07) is 7.70. The average Bonchev–Trinajstić information content (AvgIpc) is 2.49. The quantitative estimate of drug-likeness (QED) is 0.575. The first-order valence-electron chi connectivity index (χ1n) is 7.46. The van der Waals surface area contributed by atoms with Gasteiger partial charge in [-0.15, -0.1) is 0 Å². The fourth-order valence-electron chi connectivity index (χ4n) is 1.86. The number of carboxylic acid groups (broad SMARTS) is 1. The van der Waals surface area contributed by atoms with Crippen molar-refractivity contribution in [2.24, 2.45) is 5.92 Å². The lowest BCUT2D eigenvalue weighted by atomic mass is 10.1. The molecular formula is C16H23N3O4. The molecule has 126 valence electrons. The molecule has 0 aliphatic carbocycles. The number of carboxylic acids is 1. The molecule has 0 aliphatic rings. The zero-order valence-corrected chi connectivity index (χ0v) is 13.3. The number of hydrogen-bond acceptors (Lipinski definition) is 3. The van der Waals surface area contributed by atoms with Gasteiger partial charge in [0, 0.05) is 13.0 Å². The van der Waals surface area contributed by atoms with Crippen molar-refractivity contribution in [3.05, 3.63) is 35.9 Å². The first-order valence-corrected chi connectivity index (χ1v) is 7.46. The summed E-state index contributed by atoms with van der Waals surface area (Å²) >= 11 is 0. The van der Waals surface area contributed by atoms with Gasteiger partial charge >= 0.3 is 12.0 Å². The number of aliphatic carboxylic acids is 1. The van der Waals surface area contributed by atoms with Gasteiger partial charge in [0.25, 0.3) is 0 Å². The monoisotopic (exact) mass is 321 g/mol. The minimum atomic E-state index is -1.19. The Bertz CT molecular complexity index is 531. The normalized spacial score (nSPS) is 11.6. The van der Waals surface area contributed by atoms with Gasteiger partial charge in [0.1, 0.15) is 6.04 Å². The minimum absolute atomic E-state index is 0.131. The van der Waals surface area contributed by atoms with Crippen molar-refractivity contribution in [1.82, 2.24) is 16.0 Å². The summed E-state index contributed by atoms with van der Waals surface area (Å²) < 4.78 is 0. The number of benzene rings is 1. The van der Waals surface area contributed by atoms with Crippen LogP contribution in [-0.2, 0) is 16.1 Å². The summed E-state index contributed by atoms with van der Waals surface area (Å²) in [6.45, 7) is 3.89. The van der Waals surface area contributed by atoms with Crippen LogP contribution in [-0.4, -0.2) is 35.6 Å². The molecule has 23 heavy (non-hydrogen) atoms. The molecular weight excluding hydrogens is 298 g/mol. The van der Waals surface area contributed by atoms with Gasteiger partial charge < -0.3 is 21.1 Å². The van der Waals surface area contributed by atoms with E-state index in [0.29, 0.717) is 6.54 Å². The van der Waals surface area contributed by atoms with E-state index in [9.17, 15) is 14.4 Å². The summed E-state index contributed by atoms with van der Waals surface area (Å²) in [5.41, 5.74) is 0.933. The maximum absolute atomic E-state index is 11.7. The molecule has 0 saturated carbocycles. The third kappa shape index (κ3) is 7.85. The smallest absolute Gasteiger partial charge is 0.328 e. The second-order valence-electron chi connectivity index (χ2n) is 5.61. The number of carbonyl (C=O) groups is 3. The third-order valence-corrected chi connectivity index (χ3v) is 2.99. The van der Waals surface area contributed by atoms with E-state index in [1.807, 2.05) is 44.2 Å². The second-order valence-corrected chi connectivity index (χ2v) is 5.61. The van der Waals surface area contributed by atoms with E-state index >= 15 is 0 Å². The van der Waals surface area contributed by atoms with Gasteiger partial charge in [0.05, 0.1) is 6.54 Å². The zero-order chi connectivity index (χ0) is 17.2. The summed E-state index contributed by atoms with van der Waals surface area (Å²) in [5.74, 6) is -1.41. The molecule has 1 aromatic carbocycles. The van der Waals surface area contributed by atoms with E-state index < -0.39 is 18.0 Å². The first kappa shape index (κ1) is 18.5. The molecule has 0 aliphatic heterocycles. The molecule has 0 radical (unpaired) electrons. The standard InChI is InChI=1S/C16H23N3O4/c1-11(2)8-14(20)19-13(15(21)22)10-18-16(23)17-9-12-6-4-3-5-7-12/h3-7,11,13H,8-10H2,1-2H3,(H,19,20)(H,21,22)(H2,17,18,23)/t13-/m0/s1. The molecule has 4 N–H and O–H groups in total. The minimum Gasteiger partial charge on any atom is -0.480 e. The molecule has 0 saturated heterocycles. The van der Waals surface area contributed by atoms with E-state index in [4.69, 9.17) is 5.11 Å². The Morgan fingerprint density at radius 3 is 2.30 bits per heavy atom. The van der Waals surface area contributed by atoms with Crippen molar-refractivity contribution in [2.45, 2.75) is 32.9 Å². The van der Waals surface area contributed by atoms with Crippen molar-refractivity contribution in [2.75, 3.05) is 6.54 Å². The molecule has 0 aromatic heterocycles. The van der Waals surface area contributed by atoms with Crippen LogP contribution in [0.2, 0.25) is 0 Å². The van der Waals surface area contributed by atoms with Gasteiger partial charge in [-0.25, -0.2) is 9.59 Å². The molecule has 0 spiro atoms. The lowest BCUT2D eigenvalue weighted by molar-refractivity contribution is -0.141. The van der Waals surface area contributed by atoms with Crippen molar-refractivity contribution < 1.29 is 19.5 Å². The molecule has 0 heterocycles. The van der Waals surface area contributed by atoms with Crippen LogP contribution in [0.15, 0.2) is 30.3 Å². The van der Waals surface area contributed by atoms with Crippen LogP contribution in [0, 0.1) is 5.92 Å². The van der Waals surface area contributed by atoms with E-state index in [2.05, 4.69) is 16.0 Å². The lowest BCUT2D eigenvalue weighted by Gasteiger charge is -2.16. The van der Waals surface area contributed by atoms with Crippen molar-refractivity contribution in [3.8, 4) is 0 Å². The molecule has 1 rings (SSSR count). The molecule has 7 heteroatoms. The summed E-state index contributed by atoms with van der Waals surface area (Å²) in [4.78, 5) is 34.4. The predicted molar refractivity (Wildman–Crippen MR) is 85.7 cm³/mol. The van der Waals surface area contributed by atoms with Crippen LogP contribution in [0.25, 0.3) is 0 Å². The summed E-state index contributed by atoms with van der Waals surface area (Å²) in [6.07, 6.45) is 0.240. The fraction of sp³-hybridized carbons (Fsp3) is 0.438. The lowest BCUT2D eigenvalue weighted by Crippen LogP contribution is -2.50. The van der Waals surface area contributed by atoms with E-state index in [-0.39, 0.29) is 24.8 Å². The number of amides is 3. The van der Waals surface area contributed by atoms with Crippen LogP contribution in [0.5, 0.6) is 0 Å². The van der Waals surface area contributed by atoms with Crippen molar-refractivity contribution >= 4 is 17.9 Å². The Hall–Kier alpha value is -2.57. The molecule has 0 bridgehead atoms. The highest BCUT2D eigenvalue weighted by atomic mass is 16.4. The van der Waals surface area contributed by atoms with E-state index in [1.54, 1.807) is 0 Å². The van der Waals surface area contributed by atoms with Crippen LogP contribution < -0.4 is 16.0 Å². The Labute approximate surface area is 135 Å². The number of rotatable bonds is 8. The van der Waals surface area contributed by atoms with Crippen molar-refractivity contribution in [3.63, 3.8) is 0 Å². The first-order chi connectivity index (χ1) is 10.9. The highest BCUT2D eigenvalue weighted by molar-refractivity contribution is 5.84. The highest BCUT2D eigenvalue weighted by Gasteiger charge is 2.20. The largest absolute Gasteiger partial charge is 0.480 e. The van der Waals surface area contributed by atoms with Crippen LogP contribution in [0.3, 0.4) is 0 Å². The van der Waals surface area contributed by atoms with E-state index in [1.165, 1.54) is 0 Å². The number of carbonyl (C=O) groups excluding carboxylic acids is 2. The van der Waals surface area contributed by atoms with Crippen LogP contribution >= 0.6 is 0 Å². The Morgan fingerprint density at radius 1 is 1.09 bits per heavy atom. The van der Waals surface area contributed by atoms with Gasteiger partial charge in [-0.3, -0.25) is 4.79 Å². The molecule has 0 fully saturated rings. The van der Waals surface area contributed by atoms with Gasteiger partial charge in [-0.2, -0.15) is 0 Å². The van der Waals surface area contributed by atoms with Gasteiger partial charge in [-0.1, -0.05) is 44.2 Å². The number of nitrogens with one attached hydrogen (secondary N) is 3. The second kappa shape index (κ2) is 9.45. The third-order valence-electron chi connectivity index (χ3n) is 2.99. The highest BCUT2D eigenvalue weighted by Crippen LogP contribution is 1.99. The fourth-order valence-corrected chi connectivity index (χ4v) is 1.86. The average molecular weight is 321 g/mol. The maximum atomic E-state index is 11.7. The summed E-state index contributed by atoms with van der Waals surface area (Å²) in [7, 11) is 0. The van der Waals surface area contributed by atoms with Gasteiger partial charge in [-0.05, 0) is 11.5 Å².